The van der Waals surface area contributed by atoms with E-state index < -0.39 is 10.0 Å². The number of benzene rings is 2. The second-order valence-electron chi connectivity index (χ2n) is 6.61. The maximum atomic E-state index is 12.5. The second kappa shape index (κ2) is 10.0. The maximum Gasteiger partial charge on any atom is 0.243 e. The number of nitrogens with one attached hydrogen (secondary N) is 1. The van der Waals surface area contributed by atoms with Crippen molar-refractivity contribution in [2.24, 2.45) is 0 Å². The normalized spacial score (nSPS) is 11.6. The van der Waals surface area contributed by atoms with E-state index >= 15 is 0 Å². The van der Waals surface area contributed by atoms with Crippen molar-refractivity contribution >= 4 is 33.4 Å². The molecular weight excluding hydrogens is 436 g/mol. The van der Waals surface area contributed by atoms with Gasteiger partial charge in [0.15, 0.2) is 0 Å². The molecule has 9 nitrogen and oxygen atoms in total. The number of thioether (sulfide) groups is 1. The first-order chi connectivity index (χ1) is 14.9. The minimum atomic E-state index is -3.53. The molecule has 0 bridgehead atoms. The third-order valence-electron chi connectivity index (χ3n) is 4.60. The van der Waals surface area contributed by atoms with Gasteiger partial charge in [-0.15, -0.1) is 5.10 Å². The van der Waals surface area contributed by atoms with Gasteiger partial charge in [0.25, 0.3) is 0 Å². The molecular formula is C20H24N6O3S2. The fourth-order valence-corrected chi connectivity index (χ4v) is 5.11. The van der Waals surface area contributed by atoms with Crippen LogP contribution in [0, 0.1) is 6.92 Å². The minimum absolute atomic E-state index is 0.103. The number of tetrazole rings is 1. The molecule has 0 aliphatic heterocycles. The molecule has 1 aromatic heterocycles. The predicted octanol–water partition coefficient (Wildman–Crippen LogP) is 2.73. The number of aromatic nitrogens is 4. The zero-order chi connectivity index (χ0) is 22.4. The number of rotatable bonds is 9. The monoisotopic (exact) mass is 460 g/mol. The summed E-state index contributed by atoms with van der Waals surface area (Å²) in [6.07, 6.45) is 0. The molecule has 0 radical (unpaired) electrons. The van der Waals surface area contributed by atoms with E-state index in [0.29, 0.717) is 23.9 Å². The Morgan fingerprint density at radius 1 is 1.10 bits per heavy atom. The lowest BCUT2D eigenvalue weighted by Gasteiger charge is -2.18. The molecule has 0 aliphatic rings. The van der Waals surface area contributed by atoms with Gasteiger partial charge in [0.1, 0.15) is 0 Å². The maximum absolute atomic E-state index is 12.5. The zero-order valence-electron chi connectivity index (χ0n) is 17.5. The Balaban J connectivity index is 1.63. The van der Waals surface area contributed by atoms with Gasteiger partial charge in [-0.1, -0.05) is 43.8 Å². The third kappa shape index (κ3) is 5.30. The number of anilines is 1. The first-order valence-electron chi connectivity index (χ1n) is 9.74. The average molecular weight is 461 g/mol. The number of carbonyl (C=O) groups excluding carboxylic acids is 1. The summed E-state index contributed by atoms with van der Waals surface area (Å²) in [5.41, 5.74) is 2.38. The van der Waals surface area contributed by atoms with Crippen LogP contribution in [0.3, 0.4) is 0 Å². The van der Waals surface area contributed by atoms with Crippen LogP contribution in [-0.2, 0) is 14.8 Å². The molecule has 11 heteroatoms. The smallest absolute Gasteiger partial charge is 0.243 e. The van der Waals surface area contributed by atoms with Gasteiger partial charge < -0.3 is 5.32 Å². The van der Waals surface area contributed by atoms with Crippen molar-refractivity contribution in [3.63, 3.8) is 0 Å². The van der Waals surface area contributed by atoms with Crippen molar-refractivity contribution < 1.29 is 13.2 Å². The molecule has 2 aromatic carbocycles. The fraction of sp³-hybridized carbons (Fsp3) is 0.300. The van der Waals surface area contributed by atoms with E-state index in [4.69, 9.17) is 0 Å². The summed E-state index contributed by atoms with van der Waals surface area (Å²) >= 11 is 1.21. The molecule has 0 spiro atoms. The summed E-state index contributed by atoms with van der Waals surface area (Å²) in [4.78, 5) is 12.6. The number of nitrogens with zero attached hydrogens (tertiary/aromatic N) is 5. The molecule has 1 amide bonds. The van der Waals surface area contributed by atoms with Crippen LogP contribution in [0.4, 0.5) is 5.69 Å². The van der Waals surface area contributed by atoms with E-state index in [1.165, 1.54) is 28.2 Å². The van der Waals surface area contributed by atoms with Crippen LogP contribution in [0.15, 0.2) is 58.6 Å². The van der Waals surface area contributed by atoms with Crippen molar-refractivity contribution in [2.75, 3.05) is 24.2 Å². The van der Waals surface area contributed by atoms with Crippen molar-refractivity contribution in [3.8, 4) is 5.69 Å². The molecule has 164 valence electrons. The van der Waals surface area contributed by atoms with Gasteiger partial charge in [-0.3, -0.25) is 4.79 Å². The Labute approximate surface area is 185 Å². The van der Waals surface area contributed by atoms with Crippen LogP contribution < -0.4 is 5.32 Å². The molecule has 1 heterocycles. The van der Waals surface area contributed by atoms with Crippen LogP contribution in [0.5, 0.6) is 0 Å². The van der Waals surface area contributed by atoms with Crippen LogP contribution in [-0.4, -0.2) is 57.7 Å². The van der Waals surface area contributed by atoms with E-state index in [1.54, 1.807) is 30.7 Å². The van der Waals surface area contributed by atoms with Crippen LogP contribution >= 0.6 is 11.8 Å². The lowest BCUT2D eigenvalue weighted by molar-refractivity contribution is -0.113. The summed E-state index contributed by atoms with van der Waals surface area (Å²) < 4.78 is 28.1. The van der Waals surface area contributed by atoms with Crippen molar-refractivity contribution in [2.45, 2.75) is 30.8 Å². The number of aryl methyl sites for hydroxylation is 1. The number of carbonyl (C=O) groups is 1. The predicted molar refractivity (Wildman–Crippen MR) is 120 cm³/mol. The summed E-state index contributed by atoms with van der Waals surface area (Å²) in [5.74, 6) is -0.144. The van der Waals surface area contributed by atoms with Crippen molar-refractivity contribution in [3.05, 3.63) is 54.1 Å². The molecule has 3 aromatic rings. The lowest BCUT2D eigenvalue weighted by Crippen LogP contribution is -2.30. The van der Waals surface area contributed by atoms with E-state index in [9.17, 15) is 13.2 Å². The summed E-state index contributed by atoms with van der Waals surface area (Å²) in [6.45, 7) is 6.35. The fourth-order valence-electron chi connectivity index (χ4n) is 2.97. The number of sulfonamides is 1. The Morgan fingerprint density at radius 2 is 1.77 bits per heavy atom. The highest BCUT2D eigenvalue weighted by Gasteiger charge is 2.21. The lowest BCUT2D eigenvalue weighted by atomic mass is 10.2. The van der Waals surface area contributed by atoms with E-state index in [-0.39, 0.29) is 16.6 Å². The number of hydrogen-bond acceptors (Lipinski definition) is 7. The first kappa shape index (κ1) is 22.9. The Bertz CT molecular complexity index is 1140. The van der Waals surface area contributed by atoms with Gasteiger partial charge in [0, 0.05) is 18.8 Å². The van der Waals surface area contributed by atoms with Crippen LogP contribution in [0.2, 0.25) is 0 Å². The first-order valence-corrected chi connectivity index (χ1v) is 12.2. The largest absolute Gasteiger partial charge is 0.325 e. The summed E-state index contributed by atoms with van der Waals surface area (Å²) in [5, 5.41) is 15.0. The quantitative estimate of drug-likeness (QED) is 0.489. The Hall–Kier alpha value is -2.76. The molecule has 0 unspecified atom stereocenters. The standard InChI is InChI=1S/C20H24N6O3S2/c1-4-25(5-2)31(28,29)17-12-10-16(11-13-17)21-19(27)14-30-20-22-23-24-26(20)18-9-7-6-8-15(18)3/h6-13H,4-5,14H2,1-3H3,(H,21,27). The Kier molecular flexibility index (Phi) is 7.42. The molecule has 0 aliphatic carbocycles. The van der Waals surface area contributed by atoms with E-state index in [0.717, 1.165) is 11.3 Å². The topological polar surface area (TPSA) is 110 Å². The molecule has 0 saturated carbocycles. The van der Waals surface area contributed by atoms with Crippen LogP contribution in [0.1, 0.15) is 19.4 Å². The summed E-state index contributed by atoms with van der Waals surface area (Å²) in [7, 11) is -3.53. The van der Waals surface area contributed by atoms with Gasteiger partial charge in [-0.2, -0.15) is 8.99 Å². The number of amides is 1. The molecule has 3 rings (SSSR count). The van der Waals surface area contributed by atoms with Crippen molar-refractivity contribution in [1.29, 1.82) is 0 Å². The van der Waals surface area contributed by atoms with Crippen molar-refractivity contribution in [1.82, 2.24) is 24.5 Å². The highest BCUT2D eigenvalue weighted by atomic mass is 32.2. The zero-order valence-corrected chi connectivity index (χ0v) is 19.2. The average Bonchev–Trinajstić information content (AvgIpc) is 3.22. The SMILES string of the molecule is CCN(CC)S(=O)(=O)c1ccc(NC(=O)CSc2nnnn2-c2ccccc2C)cc1. The molecule has 0 fully saturated rings. The van der Waals surface area contributed by atoms with Gasteiger partial charge in [-0.05, 0) is 53.2 Å². The van der Waals surface area contributed by atoms with E-state index in [1.807, 2.05) is 31.2 Å². The van der Waals surface area contributed by atoms with Crippen LogP contribution in [0.25, 0.3) is 5.69 Å². The third-order valence-corrected chi connectivity index (χ3v) is 7.58. The second-order valence-corrected chi connectivity index (χ2v) is 9.49. The molecule has 31 heavy (non-hydrogen) atoms. The van der Waals surface area contributed by atoms with E-state index in [2.05, 4.69) is 20.8 Å². The van der Waals surface area contributed by atoms with Gasteiger partial charge in [0.05, 0.1) is 16.3 Å². The highest BCUT2D eigenvalue weighted by molar-refractivity contribution is 7.99. The highest BCUT2D eigenvalue weighted by Crippen LogP contribution is 2.21. The molecule has 0 atom stereocenters. The number of para-hydroxylation sites is 1. The van der Waals surface area contributed by atoms with Gasteiger partial charge >= 0.3 is 0 Å². The Morgan fingerprint density at radius 3 is 2.42 bits per heavy atom. The molecule has 0 saturated heterocycles. The minimum Gasteiger partial charge on any atom is -0.325 e. The van der Waals surface area contributed by atoms with Gasteiger partial charge in [-0.25, -0.2) is 8.42 Å². The number of hydrogen-bond donors (Lipinski definition) is 1. The molecule has 1 N–H and O–H groups in total. The summed E-state index contributed by atoms with van der Waals surface area (Å²) in [6, 6.07) is 13.8. The van der Waals surface area contributed by atoms with Gasteiger partial charge in [0.2, 0.25) is 21.1 Å².